The van der Waals surface area contributed by atoms with Gasteiger partial charge in [-0.05, 0) is 138 Å². The van der Waals surface area contributed by atoms with E-state index < -0.39 is 10.8 Å². The van der Waals surface area contributed by atoms with Crippen molar-refractivity contribution in [2.75, 3.05) is 4.90 Å². The summed E-state index contributed by atoms with van der Waals surface area (Å²) < 4.78 is 0. The quantitative estimate of drug-likeness (QED) is 0.174. The topological polar surface area (TPSA) is 3.24 Å². The Bertz CT molecular complexity index is 3730. The van der Waals surface area contributed by atoms with Gasteiger partial charge in [-0.25, -0.2) is 0 Å². The Morgan fingerprint density at radius 2 is 0.662 bits per heavy atom. The molecule has 0 bridgehead atoms. The Morgan fingerprint density at radius 1 is 0.294 bits per heavy atom. The summed E-state index contributed by atoms with van der Waals surface area (Å²) in [6, 6.07) is 85.7. The van der Waals surface area contributed by atoms with Crippen LogP contribution in [0.4, 0.5) is 17.1 Å². The van der Waals surface area contributed by atoms with Gasteiger partial charge < -0.3 is 4.90 Å². The zero-order valence-corrected chi connectivity index (χ0v) is 39.3. The molecule has 0 saturated carbocycles. The Balaban J connectivity index is 1.05. The standard InChI is InChI=1S/C65H43NS2/c1-63(2)47-21-6-3-18-42(47)44-36-34-40(38-55(44)63)66(41-35-37-45-43-19-4-7-22-48(43)65(56(45)39-41)52-26-11-15-32-60(52)68-61-33-16-12-27-53(61)65)57-29-17-28-54-62(57)46-20-5-8-23-49(46)64(54)50-24-9-13-30-58(50)67-59-31-14-10-25-51(59)64/h3-39H,1-2H3. The van der Waals surface area contributed by atoms with Crippen LogP contribution < -0.4 is 4.90 Å². The smallest absolute Gasteiger partial charge is 0.0736 e. The van der Waals surface area contributed by atoms with E-state index in [2.05, 4.69) is 243 Å². The lowest BCUT2D eigenvalue weighted by Gasteiger charge is -2.40. The number of hydrogen-bond donors (Lipinski definition) is 0. The van der Waals surface area contributed by atoms with E-state index in [1.807, 2.05) is 23.5 Å². The fourth-order valence-electron chi connectivity index (χ4n) is 13.3. The summed E-state index contributed by atoms with van der Waals surface area (Å²) >= 11 is 3.80. The van der Waals surface area contributed by atoms with Crippen molar-refractivity contribution in [3.05, 3.63) is 280 Å². The van der Waals surface area contributed by atoms with Gasteiger partial charge in [0, 0.05) is 41.9 Å². The molecule has 0 atom stereocenters. The molecule has 0 radical (unpaired) electrons. The SMILES string of the molecule is CC1(C)c2ccccc2-c2ccc(N(c3ccc4c(c3)C3(c5ccccc5Sc5ccccc53)c3ccccc3-4)c3cccc4c3-c3ccccc3C43c4ccccc4Sc4ccccc43)cc21. The first-order valence-electron chi connectivity index (χ1n) is 23.7. The minimum Gasteiger partial charge on any atom is -0.310 e. The lowest BCUT2D eigenvalue weighted by Crippen LogP contribution is -2.32. The molecular formula is C65H43NS2. The van der Waals surface area contributed by atoms with Crippen molar-refractivity contribution >= 4 is 40.6 Å². The van der Waals surface area contributed by atoms with Crippen LogP contribution >= 0.6 is 23.5 Å². The lowest BCUT2D eigenvalue weighted by atomic mass is 9.67. The van der Waals surface area contributed by atoms with E-state index in [9.17, 15) is 0 Å². The average Bonchev–Trinajstić information content (AvgIpc) is 3.94. The van der Waals surface area contributed by atoms with Crippen LogP contribution in [-0.4, -0.2) is 0 Å². The second-order valence-corrected chi connectivity index (χ2v) is 21.6. The zero-order valence-electron chi connectivity index (χ0n) is 37.6. The minimum atomic E-state index is -0.504. The monoisotopic (exact) mass is 901 g/mol. The molecule has 10 aromatic rings. The maximum Gasteiger partial charge on any atom is 0.0736 e. The van der Waals surface area contributed by atoms with Gasteiger partial charge in [-0.2, -0.15) is 0 Å². The highest BCUT2D eigenvalue weighted by Crippen LogP contribution is 2.66. The Kier molecular flexibility index (Phi) is 7.92. The third kappa shape index (κ3) is 4.80. The van der Waals surface area contributed by atoms with Crippen molar-refractivity contribution in [3.8, 4) is 33.4 Å². The number of fused-ring (bicyclic) bond motifs is 21. The van der Waals surface area contributed by atoms with Crippen LogP contribution in [0.3, 0.4) is 0 Å². The fourth-order valence-corrected chi connectivity index (χ4v) is 15.7. The summed E-state index contributed by atoms with van der Waals surface area (Å²) in [6.45, 7) is 4.79. The van der Waals surface area contributed by atoms with E-state index in [1.54, 1.807) is 0 Å². The minimum absolute atomic E-state index is 0.174. The van der Waals surface area contributed by atoms with Crippen LogP contribution in [0.5, 0.6) is 0 Å². The van der Waals surface area contributed by atoms with Crippen molar-refractivity contribution in [1.29, 1.82) is 0 Å². The number of hydrogen-bond acceptors (Lipinski definition) is 3. The van der Waals surface area contributed by atoms with Gasteiger partial charge in [0.2, 0.25) is 0 Å². The number of nitrogens with zero attached hydrogens (tertiary/aromatic N) is 1. The van der Waals surface area contributed by atoms with E-state index in [-0.39, 0.29) is 5.41 Å². The molecule has 320 valence electrons. The van der Waals surface area contributed by atoms with Crippen LogP contribution in [0, 0.1) is 0 Å². The second-order valence-electron chi connectivity index (χ2n) is 19.4. The highest BCUT2D eigenvalue weighted by atomic mass is 32.2. The summed E-state index contributed by atoms with van der Waals surface area (Å²) in [5.41, 5.74) is 23.6. The molecule has 1 nitrogen and oxygen atoms in total. The Hall–Kier alpha value is -7.30. The van der Waals surface area contributed by atoms with Gasteiger partial charge >= 0.3 is 0 Å². The van der Waals surface area contributed by atoms with Crippen molar-refractivity contribution < 1.29 is 0 Å². The second kappa shape index (κ2) is 13.9. The Labute approximate surface area is 406 Å². The van der Waals surface area contributed by atoms with Crippen LogP contribution in [0.1, 0.15) is 69.5 Å². The van der Waals surface area contributed by atoms with Crippen molar-refractivity contribution in [1.82, 2.24) is 0 Å². The normalized spacial score (nSPS) is 15.7. The van der Waals surface area contributed by atoms with Gasteiger partial charge in [0.25, 0.3) is 0 Å². The van der Waals surface area contributed by atoms with E-state index in [0.717, 1.165) is 11.4 Å². The van der Waals surface area contributed by atoms with Crippen molar-refractivity contribution in [2.24, 2.45) is 0 Å². The van der Waals surface area contributed by atoms with Crippen molar-refractivity contribution in [3.63, 3.8) is 0 Å². The molecule has 0 unspecified atom stereocenters. The number of benzene rings is 10. The van der Waals surface area contributed by atoms with Crippen LogP contribution in [0.2, 0.25) is 0 Å². The number of rotatable bonds is 3. The van der Waals surface area contributed by atoms with Crippen molar-refractivity contribution in [2.45, 2.75) is 49.7 Å². The Morgan fingerprint density at radius 3 is 1.21 bits per heavy atom. The van der Waals surface area contributed by atoms with E-state index >= 15 is 0 Å². The molecule has 5 aliphatic rings. The maximum absolute atomic E-state index is 2.61. The maximum atomic E-state index is 2.61. The average molecular weight is 902 g/mol. The van der Waals surface area contributed by atoms with Gasteiger partial charge in [-0.15, -0.1) is 0 Å². The third-order valence-electron chi connectivity index (χ3n) is 16.0. The molecule has 0 N–H and O–H groups in total. The first-order valence-corrected chi connectivity index (χ1v) is 25.4. The highest BCUT2D eigenvalue weighted by Gasteiger charge is 2.53. The number of anilines is 3. The molecule has 68 heavy (non-hydrogen) atoms. The zero-order chi connectivity index (χ0) is 44.9. The summed E-state index contributed by atoms with van der Waals surface area (Å²) in [4.78, 5) is 7.85. The molecule has 2 heterocycles. The van der Waals surface area contributed by atoms with E-state index in [4.69, 9.17) is 0 Å². The lowest BCUT2D eigenvalue weighted by molar-refractivity contribution is 0.660. The molecular weight excluding hydrogens is 859 g/mol. The summed E-state index contributed by atoms with van der Waals surface area (Å²) in [5.74, 6) is 0. The fraction of sp³-hybridized carbons (Fsp3) is 0.0769. The van der Waals surface area contributed by atoms with Crippen LogP contribution in [0.15, 0.2) is 244 Å². The van der Waals surface area contributed by atoms with Crippen LogP contribution in [-0.2, 0) is 16.2 Å². The molecule has 15 rings (SSSR count). The van der Waals surface area contributed by atoms with Gasteiger partial charge in [-0.1, -0.05) is 207 Å². The molecule has 10 aromatic carbocycles. The predicted molar refractivity (Wildman–Crippen MR) is 282 cm³/mol. The highest BCUT2D eigenvalue weighted by molar-refractivity contribution is 7.99. The van der Waals surface area contributed by atoms with E-state index in [1.165, 1.54) is 114 Å². The first-order chi connectivity index (χ1) is 33.5. The van der Waals surface area contributed by atoms with Gasteiger partial charge in [-0.3, -0.25) is 0 Å². The molecule has 2 spiro atoms. The van der Waals surface area contributed by atoms with Gasteiger partial charge in [0.15, 0.2) is 0 Å². The third-order valence-corrected chi connectivity index (χ3v) is 18.3. The first kappa shape index (κ1) is 38.8. The van der Waals surface area contributed by atoms with Gasteiger partial charge in [0.05, 0.1) is 16.5 Å². The molecule has 0 fully saturated rings. The molecule has 0 aromatic heterocycles. The summed E-state index contributed by atoms with van der Waals surface area (Å²) in [5, 5.41) is 0. The summed E-state index contributed by atoms with van der Waals surface area (Å²) in [7, 11) is 0. The molecule has 3 heteroatoms. The van der Waals surface area contributed by atoms with Crippen LogP contribution in [0.25, 0.3) is 33.4 Å². The van der Waals surface area contributed by atoms with Gasteiger partial charge in [0.1, 0.15) is 0 Å². The molecule has 3 aliphatic carbocycles. The predicted octanol–water partition coefficient (Wildman–Crippen LogP) is 17.1. The summed E-state index contributed by atoms with van der Waals surface area (Å²) in [6.07, 6.45) is 0. The molecule has 0 amide bonds. The largest absolute Gasteiger partial charge is 0.310 e. The molecule has 0 saturated heterocycles. The molecule has 2 aliphatic heterocycles. The van der Waals surface area contributed by atoms with E-state index in [0.29, 0.717) is 0 Å².